The van der Waals surface area contributed by atoms with Crippen LogP contribution in [0.25, 0.3) is 0 Å². The molecule has 0 spiro atoms. The van der Waals surface area contributed by atoms with Crippen LogP contribution in [0, 0.1) is 12.7 Å². The fraction of sp³-hybridized carbons (Fsp3) is 0.500. The minimum Gasteiger partial charge on any atom is -0.370 e. The zero-order valence-corrected chi connectivity index (χ0v) is 15.1. The molecule has 1 fully saturated rings. The maximum atomic E-state index is 13.7. The molecule has 1 atom stereocenters. The number of aryl methyl sites for hydroxylation is 1. The largest absolute Gasteiger partial charge is 0.370 e. The first-order valence-corrected chi connectivity index (χ1v) is 9.27. The fourth-order valence-corrected chi connectivity index (χ4v) is 3.49. The summed E-state index contributed by atoms with van der Waals surface area (Å²) >= 11 is 0. The van der Waals surface area contributed by atoms with Gasteiger partial charge in [-0.2, -0.15) is 4.98 Å². The number of benzene rings is 1. The van der Waals surface area contributed by atoms with Crippen molar-refractivity contribution in [2.45, 2.75) is 52.0 Å². The topological polar surface area (TPSA) is 41.1 Å². The van der Waals surface area contributed by atoms with Crippen LogP contribution in [0.2, 0.25) is 0 Å². The molecule has 3 rings (SSSR count). The molecule has 0 saturated carbocycles. The molecule has 1 aromatic heterocycles. The van der Waals surface area contributed by atoms with Gasteiger partial charge in [0.2, 0.25) is 5.95 Å². The Morgan fingerprint density at radius 1 is 1.24 bits per heavy atom. The Bertz CT molecular complexity index is 704. The average molecular weight is 342 g/mol. The minimum absolute atomic E-state index is 0.150. The molecule has 134 valence electrons. The predicted molar refractivity (Wildman–Crippen MR) is 101 cm³/mol. The average Bonchev–Trinajstić information content (AvgIpc) is 2.63. The van der Waals surface area contributed by atoms with Crippen LogP contribution in [0.4, 0.5) is 16.2 Å². The van der Waals surface area contributed by atoms with Crippen molar-refractivity contribution in [3.8, 4) is 0 Å². The first-order valence-electron chi connectivity index (χ1n) is 9.27. The molecular formula is C20H27FN4. The van der Waals surface area contributed by atoms with Crippen molar-refractivity contribution in [3.63, 3.8) is 0 Å². The third kappa shape index (κ3) is 4.47. The van der Waals surface area contributed by atoms with Gasteiger partial charge in [-0.15, -0.1) is 0 Å². The van der Waals surface area contributed by atoms with Crippen LogP contribution < -0.4 is 10.2 Å². The molecule has 0 aliphatic carbocycles. The zero-order chi connectivity index (χ0) is 17.6. The summed E-state index contributed by atoms with van der Waals surface area (Å²) in [7, 11) is 0. The van der Waals surface area contributed by atoms with E-state index >= 15 is 0 Å². The lowest BCUT2D eigenvalue weighted by molar-refractivity contribution is 0.443. The Morgan fingerprint density at radius 2 is 2.08 bits per heavy atom. The van der Waals surface area contributed by atoms with Crippen LogP contribution in [0.3, 0.4) is 0 Å². The van der Waals surface area contributed by atoms with Crippen LogP contribution in [-0.2, 0) is 6.42 Å². The van der Waals surface area contributed by atoms with E-state index in [-0.39, 0.29) is 5.82 Å². The van der Waals surface area contributed by atoms with Gasteiger partial charge in [0.15, 0.2) is 0 Å². The number of hydrogen-bond acceptors (Lipinski definition) is 4. The number of anilines is 2. The highest BCUT2D eigenvalue weighted by Gasteiger charge is 2.23. The molecule has 0 radical (unpaired) electrons. The van der Waals surface area contributed by atoms with Crippen molar-refractivity contribution in [3.05, 3.63) is 47.4 Å². The maximum Gasteiger partial charge on any atom is 0.227 e. The third-order valence-corrected chi connectivity index (χ3v) is 4.86. The van der Waals surface area contributed by atoms with Gasteiger partial charge in [0.1, 0.15) is 11.6 Å². The molecule has 2 heterocycles. The van der Waals surface area contributed by atoms with Crippen LogP contribution in [0.1, 0.15) is 43.9 Å². The second-order valence-electron chi connectivity index (χ2n) is 6.71. The molecule has 1 unspecified atom stereocenters. The normalized spacial score (nSPS) is 17.6. The molecule has 0 bridgehead atoms. The van der Waals surface area contributed by atoms with Gasteiger partial charge >= 0.3 is 0 Å². The molecule has 1 aliphatic heterocycles. The molecule has 1 saturated heterocycles. The van der Waals surface area contributed by atoms with Crippen molar-refractivity contribution < 1.29 is 4.39 Å². The predicted octanol–water partition coefficient (Wildman–Crippen LogP) is 4.35. The van der Waals surface area contributed by atoms with Gasteiger partial charge in [-0.25, -0.2) is 9.37 Å². The molecule has 1 aromatic carbocycles. The summed E-state index contributed by atoms with van der Waals surface area (Å²) in [6, 6.07) is 9.40. The minimum atomic E-state index is -0.150. The number of rotatable bonds is 6. The Labute approximate surface area is 149 Å². The summed E-state index contributed by atoms with van der Waals surface area (Å²) in [5.41, 5.74) is 1.68. The number of halogens is 1. The molecule has 25 heavy (non-hydrogen) atoms. The maximum absolute atomic E-state index is 13.7. The Hall–Kier alpha value is -2.17. The van der Waals surface area contributed by atoms with Crippen molar-refractivity contribution in [1.82, 2.24) is 9.97 Å². The summed E-state index contributed by atoms with van der Waals surface area (Å²) in [6.45, 7) is 5.90. The lowest BCUT2D eigenvalue weighted by Crippen LogP contribution is -2.40. The number of nitrogens with one attached hydrogen (secondary N) is 1. The second-order valence-corrected chi connectivity index (χ2v) is 6.71. The molecule has 2 aromatic rings. The molecule has 0 amide bonds. The van der Waals surface area contributed by atoms with Gasteiger partial charge in [0, 0.05) is 30.9 Å². The highest BCUT2D eigenvalue weighted by atomic mass is 19.1. The van der Waals surface area contributed by atoms with Crippen LogP contribution >= 0.6 is 0 Å². The van der Waals surface area contributed by atoms with Gasteiger partial charge in [-0.05, 0) is 50.7 Å². The lowest BCUT2D eigenvalue weighted by atomic mass is 10.0. The van der Waals surface area contributed by atoms with Gasteiger partial charge < -0.3 is 10.2 Å². The smallest absolute Gasteiger partial charge is 0.227 e. The van der Waals surface area contributed by atoms with Gasteiger partial charge in [0.05, 0.1) is 0 Å². The summed E-state index contributed by atoms with van der Waals surface area (Å²) in [5.74, 6) is 1.49. The molecule has 1 aliphatic rings. The number of aromatic nitrogens is 2. The zero-order valence-electron chi connectivity index (χ0n) is 15.1. The molecule has 1 N–H and O–H groups in total. The Morgan fingerprint density at radius 3 is 2.88 bits per heavy atom. The molecule has 5 heteroatoms. The first-order chi connectivity index (χ1) is 12.2. The van der Waals surface area contributed by atoms with Crippen LogP contribution in [-0.4, -0.2) is 29.1 Å². The summed E-state index contributed by atoms with van der Waals surface area (Å²) in [6.07, 6.45) is 5.45. The highest BCUT2D eigenvalue weighted by Crippen LogP contribution is 2.25. The van der Waals surface area contributed by atoms with Crippen molar-refractivity contribution in [2.24, 2.45) is 0 Å². The summed E-state index contributed by atoms with van der Waals surface area (Å²) in [5, 5.41) is 3.33. The van der Waals surface area contributed by atoms with Gasteiger partial charge in [0.25, 0.3) is 0 Å². The SMILES string of the molecule is CCC1CCCCN1c1nc(C)cc(NCCc2ccccc2F)n1. The molecular weight excluding hydrogens is 315 g/mol. The standard InChI is InChI=1S/C20H27FN4/c1-3-17-9-6-7-13-25(17)20-23-15(2)14-19(24-20)22-12-11-16-8-4-5-10-18(16)21/h4-5,8,10,14,17H,3,6-7,9,11-13H2,1-2H3,(H,22,23,24). The lowest BCUT2D eigenvalue weighted by Gasteiger charge is -2.35. The third-order valence-electron chi connectivity index (χ3n) is 4.86. The van der Waals surface area contributed by atoms with E-state index in [2.05, 4.69) is 22.1 Å². The van der Waals surface area contributed by atoms with Crippen molar-refractivity contribution >= 4 is 11.8 Å². The van der Waals surface area contributed by atoms with E-state index in [0.29, 0.717) is 19.0 Å². The van der Waals surface area contributed by atoms with E-state index in [9.17, 15) is 4.39 Å². The van der Waals surface area contributed by atoms with E-state index in [4.69, 9.17) is 4.98 Å². The highest BCUT2D eigenvalue weighted by molar-refractivity contribution is 5.44. The van der Waals surface area contributed by atoms with Crippen molar-refractivity contribution in [1.29, 1.82) is 0 Å². The van der Waals surface area contributed by atoms with Gasteiger partial charge in [-0.3, -0.25) is 0 Å². The van der Waals surface area contributed by atoms with E-state index < -0.39 is 0 Å². The number of hydrogen-bond donors (Lipinski definition) is 1. The summed E-state index contributed by atoms with van der Waals surface area (Å²) in [4.78, 5) is 11.7. The Kier molecular flexibility index (Phi) is 5.84. The van der Waals surface area contributed by atoms with Crippen molar-refractivity contribution in [2.75, 3.05) is 23.3 Å². The fourth-order valence-electron chi connectivity index (χ4n) is 3.49. The van der Waals surface area contributed by atoms with E-state index in [1.54, 1.807) is 6.07 Å². The van der Waals surface area contributed by atoms with E-state index in [0.717, 1.165) is 36.0 Å². The van der Waals surface area contributed by atoms with E-state index in [1.165, 1.54) is 25.3 Å². The quantitative estimate of drug-likeness (QED) is 0.847. The molecule has 4 nitrogen and oxygen atoms in total. The number of piperidine rings is 1. The second kappa shape index (κ2) is 8.28. The monoisotopic (exact) mass is 342 g/mol. The van der Waals surface area contributed by atoms with Gasteiger partial charge in [-0.1, -0.05) is 25.1 Å². The Balaban J connectivity index is 1.68. The van der Waals surface area contributed by atoms with E-state index in [1.807, 2.05) is 25.1 Å². The van der Waals surface area contributed by atoms with Crippen LogP contribution in [0.5, 0.6) is 0 Å². The summed E-state index contributed by atoms with van der Waals surface area (Å²) < 4.78 is 13.7. The first kappa shape index (κ1) is 17.6. The number of nitrogens with zero attached hydrogens (tertiary/aromatic N) is 3. The van der Waals surface area contributed by atoms with Crippen LogP contribution in [0.15, 0.2) is 30.3 Å².